The van der Waals surface area contributed by atoms with Crippen molar-refractivity contribution in [2.24, 2.45) is 0 Å². The average Bonchev–Trinajstić information content (AvgIpc) is 2.70. The zero-order valence-corrected chi connectivity index (χ0v) is 9.51. The lowest BCUT2D eigenvalue weighted by Gasteiger charge is -2.02. The van der Waals surface area contributed by atoms with Crippen molar-refractivity contribution in [3.63, 3.8) is 0 Å². The minimum Gasteiger partial charge on any atom is -0.351 e. The maximum Gasteiger partial charge on any atom is 0.269 e. The molecular weight excluding hydrogens is 246 g/mol. The van der Waals surface area contributed by atoms with Crippen LogP contribution in [0.1, 0.15) is 29.8 Å². The van der Waals surface area contributed by atoms with Crippen molar-refractivity contribution in [2.75, 3.05) is 11.9 Å². The van der Waals surface area contributed by atoms with E-state index in [9.17, 15) is 4.79 Å². The second kappa shape index (κ2) is 6.59. The molecule has 0 bridgehead atoms. The Hall–Kier alpha value is -0.840. The summed E-state index contributed by atoms with van der Waals surface area (Å²) in [7, 11) is 0. The third-order valence-electron chi connectivity index (χ3n) is 1.84. The Morgan fingerprint density at radius 3 is 3.00 bits per heavy atom. The summed E-state index contributed by atoms with van der Waals surface area (Å²) in [4.78, 5) is 11.3. The number of nitrogens with one attached hydrogen (secondary N) is 2. The predicted molar refractivity (Wildman–Crippen MR) is 58.6 cm³/mol. The first-order chi connectivity index (χ1) is 6.84. The van der Waals surface area contributed by atoms with Crippen LogP contribution in [0.5, 0.6) is 0 Å². The molecule has 78 valence electrons. The Bertz CT molecular complexity index is 261. The molecule has 1 rings (SSSR count). The average molecular weight is 260 g/mol. The Balaban J connectivity index is 2.10. The van der Waals surface area contributed by atoms with Crippen molar-refractivity contribution in [3.8, 4) is 0 Å². The van der Waals surface area contributed by atoms with E-state index in [0.717, 1.165) is 31.1 Å². The molecule has 0 atom stereocenters. The first-order valence-corrected chi connectivity index (χ1v) is 5.80. The maximum absolute atomic E-state index is 11.3. The van der Waals surface area contributed by atoms with E-state index in [-0.39, 0.29) is 5.91 Å². The third kappa shape index (κ3) is 3.91. The number of nitrogens with zero attached hydrogens (tertiary/aromatic N) is 1. The topological polar surface area (TPSA) is 57.8 Å². The minimum atomic E-state index is -0.0821. The molecule has 0 saturated heterocycles. The van der Waals surface area contributed by atoms with Crippen molar-refractivity contribution in [1.29, 1.82) is 0 Å². The van der Waals surface area contributed by atoms with Crippen LogP contribution >= 0.6 is 15.9 Å². The van der Waals surface area contributed by atoms with Gasteiger partial charge in [0.1, 0.15) is 5.69 Å². The van der Waals surface area contributed by atoms with Crippen LogP contribution in [0.15, 0.2) is 12.3 Å². The molecule has 4 nitrogen and oxygen atoms in total. The van der Waals surface area contributed by atoms with Gasteiger partial charge in [-0.3, -0.25) is 9.89 Å². The van der Waals surface area contributed by atoms with Gasteiger partial charge in [0.05, 0.1) is 0 Å². The van der Waals surface area contributed by atoms with Crippen LogP contribution in [0.4, 0.5) is 0 Å². The standard InChI is InChI=1S/C9H14BrN3O/c10-5-2-1-3-6-11-9(14)8-4-7-12-13-8/h4,7H,1-3,5-6H2,(H,11,14)(H,12,13). The van der Waals surface area contributed by atoms with Gasteiger partial charge in [0.15, 0.2) is 0 Å². The fraction of sp³-hybridized carbons (Fsp3) is 0.556. The van der Waals surface area contributed by atoms with E-state index in [1.54, 1.807) is 12.3 Å². The van der Waals surface area contributed by atoms with Gasteiger partial charge in [-0.25, -0.2) is 0 Å². The monoisotopic (exact) mass is 259 g/mol. The van der Waals surface area contributed by atoms with Gasteiger partial charge in [0.25, 0.3) is 5.91 Å². The largest absolute Gasteiger partial charge is 0.351 e. The summed E-state index contributed by atoms with van der Waals surface area (Å²) in [6, 6.07) is 1.66. The van der Waals surface area contributed by atoms with Gasteiger partial charge < -0.3 is 5.32 Å². The van der Waals surface area contributed by atoms with Gasteiger partial charge in [-0.2, -0.15) is 5.10 Å². The van der Waals surface area contributed by atoms with E-state index in [2.05, 4.69) is 31.4 Å². The van der Waals surface area contributed by atoms with E-state index in [1.165, 1.54) is 0 Å². The molecular formula is C9H14BrN3O. The summed E-state index contributed by atoms with van der Waals surface area (Å²) < 4.78 is 0. The van der Waals surface area contributed by atoms with Crippen LogP contribution in [0.2, 0.25) is 0 Å². The van der Waals surface area contributed by atoms with Gasteiger partial charge in [0, 0.05) is 18.1 Å². The molecule has 0 aliphatic heterocycles. The molecule has 0 fully saturated rings. The highest BCUT2D eigenvalue weighted by Gasteiger charge is 2.04. The minimum absolute atomic E-state index is 0.0821. The van der Waals surface area contributed by atoms with E-state index in [1.807, 2.05) is 0 Å². The highest BCUT2D eigenvalue weighted by atomic mass is 79.9. The third-order valence-corrected chi connectivity index (χ3v) is 2.40. The number of halogens is 1. The molecule has 0 spiro atoms. The Morgan fingerprint density at radius 1 is 1.50 bits per heavy atom. The zero-order valence-electron chi connectivity index (χ0n) is 7.92. The molecule has 0 unspecified atom stereocenters. The molecule has 1 amide bonds. The molecule has 0 aromatic carbocycles. The first kappa shape index (κ1) is 11.2. The van der Waals surface area contributed by atoms with Gasteiger partial charge in [-0.05, 0) is 18.9 Å². The number of hydrogen-bond donors (Lipinski definition) is 2. The Morgan fingerprint density at radius 2 is 2.36 bits per heavy atom. The van der Waals surface area contributed by atoms with E-state index >= 15 is 0 Å². The summed E-state index contributed by atoms with van der Waals surface area (Å²) in [6.07, 6.45) is 4.87. The number of alkyl halides is 1. The van der Waals surface area contributed by atoms with Crippen LogP contribution in [-0.2, 0) is 0 Å². The molecule has 14 heavy (non-hydrogen) atoms. The second-order valence-corrected chi connectivity index (χ2v) is 3.77. The van der Waals surface area contributed by atoms with Crippen molar-refractivity contribution in [1.82, 2.24) is 15.5 Å². The highest BCUT2D eigenvalue weighted by molar-refractivity contribution is 9.09. The number of aromatic amines is 1. The highest BCUT2D eigenvalue weighted by Crippen LogP contribution is 1.97. The SMILES string of the molecule is O=C(NCCCCCBr)c1ccn[nH]1. The number of carbonyl (C=O) groups excluding carboxylic acids is 1. The number of rotatable bonds is 6. The predicted octanol–water partition coefficient (Wildman–Crippen LogP) is 1.70. The van der Waals surface area contributed by atoms with Crippen LogP contribution in [0.3, 0.4) is 0 Å². The smallest absolute Gasteiger partial charge is 0.269 e. The van der Waals surface area contributed by atoms with Gasteiger partial charge in [0.2, 0.25) is 0 Å². The van der Waals surface area contributed by atoms with Crippen molar-refractivity contribution >= 4 is 21.8 Å². The number of H-pyrrole nitrogens is 1. The van der Waals surface area contributed by atoms with Crippen LogP contribution in [0.25, 0.3) is 0 Å². The van der Waals surface area contributed by atoms with Crippen molar-refractivity contribution in [2.45, 2.75) is 19.3 Å². The number of carbonyl (C=O) groups is 1. The van der Waals surface area contributed by atoms with Crippen molar-refractivity contribution < 1.29 is 4.79 Å². The fourth-order valence-electron chi connectivity index (χ4n) is 1.08. The number of unbranched alkanes of at least 4 members (excludes halogenated alkanes) is 2. The van der Waals surface area contributed by atoms with E-state index in [4.69, 9.17) is 0 Å². The summed E-state index contributed by atoms with van der Waals surface area (Å²) in [5.41, 5.74) is 0.519. The quantitative estimate of drug-likeness (QED) is 0.604. The zero-order chi connectivity index (χ0) is 10.2. The lowest BCUT2D eigenvalue weighted by atomic mass is 10.2. The lowest BCUT2D eigenvalue weighted by molar-refractivity contribution is 0.0948. The number of aromatic nitrogens is 2. The summed E-state index contributed by atoms with van der Waals surface area (Å²) >= 11 is 3.36. The van der Waals surface area contributed by atoms with Gasteiger partial charge in [-0.1, -0.05) is 22.4 Å². The lowest BCUT2D eigenvalue weighted by Crippen LogP contribution is -2.24. The van der Waals surface area contributed by atoms with Crippen molar-refractivity contribution in [3.05, 3.63) is 18.0 Å². The van der Waals surface area contributed by atoms with Crippen LogP contribution < -0.4 is 5.32 Å². The molecule has 1 heterocycles. The molecule has 0 saturated carbocycles. The Labute approximate surface area is 91.6 Å². The molecule has 2 N–H and O–H groups in total. The van der Waals surface area contributed by atoms with Gasteiger partial charge in [-0.15, -0.1) is 0 Å². The molecule has 0 radical (unpaired) electrons. The summed E-state index contributed by atoms with van der Waals surface area (Å²) in [6.45, 7) is 0.727. The first-order valence-electron chi connectivity index (χ1n) is 4.68. The Kier molecular flexibility index (Phi) is 5.29. The summed E-state index contributed by atoms with van der Waals surface area (Å²) in [5, 5.41) is 10.2. The molecule has 0 aliphatic carbocycles. The van der Waals surface area contributed by atoms with Gasteiger partial charge >= 0.3 is 0 Å². The van der Waals surface area contributed by atoms with Crippen LogP contribution in [0, 0.1) is 0 Å². The summed E-state index contributed by atoms with van der Waals surface area (Å²) in [5.74, 6) is -0.0821. The van der Waals surface area contributed by atoms with Crippen LogP contribution in [-0.4, -0.2) is 28.0 Å². The molecule has 0 aliphatic rings. The molecule has 1 aromatic heterocycles. The second-order valence-electron chi connectivity index (χ2n) is 2.98. The maximum atomic E-state index is 11.3. The normalized spacial score (nSPS) is 10.1. The molecule has 1 aromatic rings. The number of hydrogen-bond acceptors (Lipinski definition) is 2. The number of amides is 1. The van der Waals surface area contributed by atoms with E-state index in [0.29, 0.717) is 5.69 Å². The fourth-order valence-corrected chi connectivity index (χ4v) is 1.47. The van der Waals surface area contributed by atoms with E-state index < -0.39 is 0 Å². The molecule has 5 heteroatoms.